The maximum Gasteiger partial charge on any atom is 0.308 e. The molecule has 4 fully saturated rings. The van der Waals surface area contributed by atoms with Crippen LogP contribution in [-0.2, 0) is 23.9 Å². The maximum absolute atomic E-state index is 12.3. The number of hydrogen-bond donors (Lipinski definition) is 0. The molecule has 1 aliphatic heterocycles. The molecule has 2 unspecified atom stereocenters. The van der Waals surface area contributed by atoms with E-state index in [0.29, 0.717) is 30.1 Å². The van der Waals surface area contributed by atoms with Gasteiger partial charge in [0.1, 0.15) is 12.2 Å². The summed E-state index contributed by atoms with van der Waals surface area (Å²) in [6.45, 7) is 10.6. The SMILES string of the molecule is CC(=O)O[C@@H]1C[C@]2(C)[C@@H]([C@H](C)C3CCC(C)C(=O)O3)CC[C@H]2[C@@H]2CCC3=CC(=O)CC[C@]3(C)[C@H]21. The number of allylic oxidation sites excluding steroid dienone is 1. The number of fused-ring (bicyclic) bond motifs is 5. The van der Waals surface area contributed by atoms with Gasteiger partial charge in [0.15, 0.2) is 5.78 Å². The minimum absolute atomic E-state index is 0.00283. The molecule has 0 radical (unpaired) electrons. The predicted octanol–water partition coefficient (Wildman–Crippen LogP) is 5.65. The lowest BCUT2D eigenvalue weighted by atomic mass is 9.45. The fourth-order valence-corrected chi connectivity index (χ4v) is 9.36. The minimum atomic E-state index is -0.199. The summed E-state index contributed by atoms with van der Waals surface area (Å²) in [6.07, 6.45) is 10.4. The molecule has 1 heterocycles. The van der Waals surface area contributed by atoms with Crippen molar-refractivity contribution < 1.29 is 23.9 Å². The fourth-order valence-electron chi connectivity index (χ4n) is 9.36. The van der Waals surface area contributed by atoms with Crippen molar-refractivity contribution in [3.8, 4) is 0 Å². The lowest BCUT2D eigenvalue weighted by molar-refractivity contribution is -0.182. The number of cyclic esters (lactones) is 1. The molecule has 0 aromatic heterocycles. The number of esters is 2. The molecule has 10 atom stereocenters. The fraction of sp³-hybridized carbons (Fsp3) is 0.828. The minimum Gasteiger partial charge on any atom is -0.462 e. The molecule has 5 rings (SSSR count). The second-order valence-electron chi connectivity index (χ2n) is 12.7. The van der Waals surface area contributed by atoms with Gasteiger partial charge in [-0.05, 0) is 91.9 Å². The summed E-state index contributed by atoms with van der Waals surface area (Å²) in [6, 6.07) is 0. The van der Waals surface area contributed by atoms with Crippen LogP contribution in [0.5, 0.6) is 0 Å². The Hall–Kier alpha value is -1.65. The topological polar surface area (TPSA) is 69.7 Å². The first kappa shape index (κ1) is 24.1. The van der Waals surface area contributed by atoms with E-state index in [-0.39, 0.29) is 52.6 Å². The molecule has 5 nitrogen and oxygen atoms in total. The molecule has 1 saturated heterocycles. The Morgan fingerprint density at radius 2 is 1.88 bits per heavy atom. The summed E-state index contributed by atoms with van der Waals surface area (Å²) in [4.78, 5) is 36.8. The first-order valence-electron chi connectivity index (χ1n) is 13.7. The second-order valence-corrected chi connectivity index (χ2v) is 12.7. The zero-order valence-electron chi connectivity index (χ0n) is 21.6. The quantitative estimate of drug-likeness (QED) is 0.498. The summed E-state index contributed by atoms with van der Waals surface area (Å²) >= 11 is 0. The summed E-state index contributed by atoms with van der Waals surface area (Å²) in [5.41, 5.74) is 1.30. The van der Waals surface area contributed by atoms with Gasteiger partial charge in [0, 0.05) is 19.3 Å². The Kier molecular flexibility index (Phi) is 6.00. The third kappa shape index (κ3) is 3.67. The highest BCUT2D eigenvalue weighted by Gasteiger charge is 2.64. The van der Waals surface area contributed by atoms with Gasteiger partial charge in [0.25, 0.3) is 0 Å². The molecular weight excluding hydrogens is 428 g/mol. The summed E-state index contributed by atoms with van der Waals surface area (Å²) in [7, 11) is 0. The van der Waals surface area contributed by atoms with Gasteiger partial charge < -0.3 is 9.47 Å². The van der Waals surface area contributed by atoms with E-state index in [4.69, 9.17) is 9.47 Å². The third-order valence-electron chi connectivity index (χ3n) is 11.0. The largest absolute Gasteiger partial charge is 0.462 e. The second kappa shape index (κ2) is 8.48. The van der Waals surface area contributed by atoms with E-state index in [1.165, 1.54) is 18.9 Å². The smallest absolute Gasteiger partial charge is 0.308 e. The van der Waals surface area contributed by atoms with Crippen LogP contribution in [0.4, 0.5) is 0 Å². The number of hydrogen-bond acceptors (Lipinski definition) is 5. The van der Waals surface area contributed by atoms with Crippen LogP contribution in [0.2, 0.25) is 0 Å². The Bertz CT molecular complexity index is 906. The lowest BCUT2D eigenvalue weighted by Gasteiger charge is -2.60. The van der Waals surface area contributed by atoms with Crippen molar-refractivity contribution in [2.24, 2.45) is 46.3 Å². The highest BCUT2D eigenvalue weighted by Crippen LogP contribution is 2.68. The number of ketones is 1. The Morgan fingerprint density at radius 3 is 2.59 bits per heavy atom. The number of ether oxygens (including phenoxy) is 2. The highest BCUT2D eigenvalue weighted by atomic mass is 16.5. The van der Waals surface area contributed by atoms with Crippen LogP contribution < -0.4 is 0 Å². The normalized spacial score (nSPS) is 47.0. The standard InChI is InChI=1S/C29H42O5/c1-16-6-11-24(34-27(16)32)17(2)22-9-10-23-21-8-7-19-14-20(31)12-13-28(19,4)26(21)25(33-18(3)30)15-29(22,23)5/h14,16-17,21-26H,6-13,15H2,1-5H3/t16?,17-,21-,22+,23-,24?,25+,26+,28-,29+/m0/s1. The van der Waals surface area contributed by atoms with Crippen molar-refractivity contribution in [1.82, 2.24) is 0 Å². The van der Waals surface area contributed by atoms with Crippen LogP contribution in [0.1, 0.15) is 92.4 Å². The Balaban J connectivity index is 1.46. The van der Waals surface area contributed by atoms with E-state index in [9.17, 15) is 14.4 Å². The lowest BCUT2D eigenvalue weighted by Crippen LogP contribution is -2.58. The predicted molar refractivity (Wildman–Crippen MR) is 129 cm³/mol. The van der Waals surface area contributed by atoms with Gasteiger partial charge >= 0.3 is 11.9 Å². The Labute approximate surface area is 204 Å². The molecular formula is C29H42O5. The van der Waals surface area contributed by atoms with Gasteiger partial charge in [0.2, 0.25) is 0 Å². The molecule has 5 aliphatic rings. The molecule has 0 spiro atoms. The van der Waals surface area contributed by atoms with Crippen LogP contribution in [-0.4, -0.2) is 29.9 Å². The molecule has 0 aromatic rings. The van der Waals surface area contributed by atoms with E-state index in [1.54, 1.807) is 0 Å². The van der Waals surface area contributed by atoms with Crippen molar-refractivity contribution in [3.05, 3.63) is 11.6 Å². The van der Waals surface area contributed by atoms with Crippen molar-refractivity contribution in [1.29, 1.82) is 0 Å². The highest BCUT2D eigenvalue weighted by molar-refractivity contribution is 5.91. The number of carbonyl (C=O) groups excluding carboxylic acids is 3. The van der Waals surface area contributed by atoms with Crippen LogP contribution in [0.25, 0.3) is 0 Å². The van der Waals surface area contributed by atoms with Gasteiger partial charge in [-0.25, -0.2) is 0 Å². The van der Waals surface area contributed by atoms with Gasteiger partial charge in [0.05, 0.1) is 5.92 Å². The van der Waals surface area contributed by atoms with E-state index in [2.05, 4.69) is 20.8 Å². The third-order valence-corrected chi connectivity index (χ3v) is 11.0. The van der Waals surface area contributed by atoms with Crippen molar-refractivity contribution in [2.75, 3.05) is 0 Å². The molecule has 0 aromatic carbocycles. The summed E-state index contributed by atoms with van der Waals surface area (Å²) in [5, 5.41) is 0. The maximum atomic E-state index is 12.3. The summed E-state index contributed by atoms with van der Waals surface area (Å²) in [5.74, 6) is 2.16. The van der Waals surface area contributed by atoms with Crippen molar-refractivity contribution >= 4 is 17.7 Å². The number of carbonyl (C=O) groups is 3. The van der Waals surface area contributed by atoms with Gasteiger partial charge in [-0.1, -0.05) is 33.3 Å². The van der Waals surface area contributed by atoms with Gasteiger partial charge in [-0.2, -0.15) is 0 Å². The molecule has 0 N–H and O–H groups in total. The average molecular weight is 471 g/mol. The van der Waals surface area contributed by atoms with E-state index in [0.717, 1.165) is 44.9 Å². The number of rotatable bonds is 3. The van der Waals surface area contributed by atoms with Gasteiger partial charge in [-0.3, -0.25) is 14.4 Å². The van der Waals surface area contributed by atoms with E-state index < -0.39 is 0 Å². The molecule has 188 valence electrons. The average Bonchev–Trinajstić information content (AvgIpc) is 3.11. The molecule has 4 aliphatic carbocycles. The molecule has 34 heavy (non-hydrogen) atoms. The van der Waals surface area contributed by atoms with Crippen LogP contribution >= 0.6 is 0 Å². The van der Waals surface area contributed by atoms with Crippen LogP contribution in [0.3, 0.4) is 0 Å². The Morgan fingerprint density at radius 1 is 1.12 bits per heavy atom. The first-order chi connectivity index (χ1) is 16.0. The van der Waals surface area contributed by atoms with Crippen LogP contribution in [0, 0.1) is 46.3 Å². The van der Waals surface area contributed by atoms with E-state index in [1.807, 2.05) is 13.0 Å². The van der Waals surface area contributed by atoms with Crippen molar-refractivity contribution in [2.45, 2.75) is 105 Å². The zero-order chi connectivity index (χ0) is 24.4. The summed E-state index contributed by atoms with van der Waals surface area (Å²) < 4.78 is 12.1. The zero-order valence-corrected chi connectivity index (χ0v) is 21.6. The van der Waals surface area contributed by atoms with E-state index >= 15 is 0 Å². The monoisotopic (exact) mass is 470 g/mol. The molecule has 0 bridgehead atoms. The molecule has 0 amide bonds. The van der Waals surface area contributed by atoms with Crippen LogP contribution in [0.15, 0.2) is 11.6 Å². The first-order valence-corrected chi connectivity index (χ1v) is 13.7. The van der Waals surface area contributed by atoms with Gasteiger partial charge in [-0.15, -0.1) is 0 Å². The van der Waals surface area contributed by atoms with Crippen molar-refractivity contribution in [3.63, 3.8) is 0 Å². The molecule has 3 saturated carbocycles. The molecule has 5 heteroatoms.